The van der Waals surface area contributed by atoms with Gasteiger partial charge in [-0.2, -0.15) is 18.2 Å². The number of Topliss-reactive ketones (excluding diaryl/α,β-unsaturated/α-hetero) is 1. The Labute approximate surface area is 141 Å². The standard InChI is InChI=1S/C16H16F4N2O3/c1-2-24-8-4-3-5-13(23)11-7-6-10(9-12(11)17)14-21-15(25-22-14)16(18,19)20/h6-7,9H,2-5,8H2,1H3. The van der Waals surface area contributed by atoms with Crippen LogP contribution in [-0.4, -0.2) is 29.1 Å². The Hall–Kier alpha value is -2.29. The Morgan fingerprint density at radius 3 is 2.64 bits per heavy atom. The average Bonchev–Trinajstić information content (AvgIpc) is 3.04. The van der Waals surface area contributed by atoms with Gasteiger partial charge in [-0.1, -0.05) is 11.2 Å². The largest absolute Gasteiger partial charge is 0.471 e. The van der Waals surface area contributed by atoms with Crippen LogP contribution < -0.4 is 0 Å². The lowest BCUT2D eigenvalue weighted by molar-refractivity contribution is -0.159. The summed E-state index contributed by atoms with van der Waals surface area (Å²) in [6.07, 6.45) is -3.38. The molecule has 2 rings (SSSR count). The molecule has 0 aliphatic rings. The number of ketones is 1. The lowest BCUT2D eigenvalue weighted by Crippen LogP contribution is -2.05. The Bertz CT molecular complexity index is 728. The number of rotatable bonds is 8. The smallest absolute Gasteiger partial charge is 0.382 e. The van der Waals surface area contributed by atoms with Crippen LogP contribution in [0.1, 0.15) is 42.4 Å². The molecule has 0 radical (unpaired) electrons. The maximum absolute atomic E-state index is 14.1. The first-order valence-corrected chi connectivity index (χ1v) is 7.64. The second-order valence-electron chi connectivity index (χ2n) is 5.19. The van der Waals surface area contributed by atoms with Crippen molar-refractivity contribution < 1.29 is 31.6 Å². The van der Waals surface area contributed by atoms with Gasteiger partial charge in [0.05, 0.1) is 5.56 Å². The lowest BCUT2D eigenvalue weighted by atomic mass is 10.0. The van der Waals surface area contributed by atoms with Crippen LogP contribution in [-0.2, 0) is 10.9 Å². The molecule has 2 aromatic rings. The number of hydrogen-bond donors (Lipinski definition) is 0. The Morgan fingerprint density at radius 2 is 2.04 bits per heavy atom. The van der Waals surface area contributed by atoms with Crippen LogP contribution in [0, 0.1) is 5.82 Å². The molecule has 0 amide bonds. The third-order valence-electron chi connectivity index (χ3n) is 3.34. The van der Waals surface area contributed by atoms with E-state index in [1.54, 1.807) is 0 Å². The monoisotopic (exact) mass is 360 g/mol. The first kappa shape index (κ1) is 19.0. The maximum atomic E-state index is 14.1. The number of carbonyl (C=O) groups excluding carboxylic acids is 1. The Balaban J connectivity index is 2.05. The van der Waals surface area contributed by atoms with E-state index >= 15 is 0 Å². The molecule has 0 saturated carbocycles. The van der Waals surface area contributed by atoms with E-state index in [4.69, 9.17) is 4.74 Å². The van der Waals surface area contributed by atoms with E-state index in [0.717, 1.165) is 6.07 Å². The van der Waals surface area contributed by atoms with Crippen LogP contribution >= 0.6 is 0 Å². The molecule has 0 atom stereocenters. The number of carbonyl (C=O) groups is 1. The predicted molar refractivity (Wildman–Crippen MR) is 79.4 cm³/mol. The van der Waals surface area contributed by atoms with E-state index in [1.807, 2.05) is 6.92 Å². The second-order valence-corrected chi connectivity index (χ2v) is 5.19. The van der Waals surface area contributed by atoms with E-state index in [9.17, 15) is 22.4 Å². The fourth-order valence-electron chi connectivity index (χ4n) is 2.10. The molecule has 0 aliphatic heterocycles. The van der Waals surface area contributed by atoms with Crippen molar-refractivity contribution in [2.24, 2.45) is 0 Å². The SMILES string of the molecule is CCOCCCCC(=O)c1ccc(-c2noc(C(F)(F)F)n2)cc1F. The van der Waals surface area contributed by atoms with Gasteiger partial charge in [0, 0.05) is 25.2 Å². The Morgan fingerprint density at radius 1 is 1.28 bits per heavy atom. The molecule has 1 heterocycles. The summed E-state index contributed by atoms with van der Waals surface area (Å²) >= 11 is 0. The molecule has 9 heteroatoms. The van der Waals surface area contributed by atoms with E-state index in [2.05, 4.69) is 14.7 Å². The summed E-state index contributed by atoms with van der Waals surface area (Å²) in [6, 6.07) is 3.40. The van der Waals surface area contributed by atoms with Crippen molar-refractivity contribution >= 4 is 5.78 Å². The van der Waals surface area contributed by atoms with Gasteiger partial charge < -0.3 is 9.26 Å². The second kappa shape index (κ2) is 8.19. The number of ether oxygens (including phenoxy) is 1. The number of aromatic nitrogens is 2. The van der Waals surface area contributed by atoms with E-state index in [1.165, 1.54) is 12.1 Å². The van der Waals surface area contributed by atoms with Gasteiger partial charge in [0.1, 0.15) is 5.82 Å². The minimum atomic E-state index is -4.78. The molecule has 25 heavy (non-hydrogen) atoms. The highest BCUT2D eigenvalue weighted by molar-refractivity contribution is 5.96. The summed E-state index contributed by atoms with van der Waals surface area (Å²) in [5, 5.41) is 3.18. The van der Waals surface area contributed by atoms with E-state index in [0.29, 0.717) is 26.1 Å². The summed E-state index contributed by atoms with van der Waals surface area (Å²) in [7, 11) is 0. The van der Waals surface area contributed by atoms with Crippen molar-refractivity contribution in [2.45, 2.75) is 32.4 Å². The van der Waals surface area contributed by atoms with Crippen molar-refractivity contribution in [1.29, 1.82) is 0 Å². The van der Waals surface area contributed by atoms with Gasteiger partial charge in [0.15, 0.2) is 5.78 Å². The molecule has 0 bridgehead atoms. The molecule has 0 unspecified atom stereocenters. The molecule has 0 fully saturated rings. The van der Waals surface area contributed by atoms with E-state index < -0.39 is 23.7 Å². The minimum Gasteiger partial charge on any atom is -0.382 e. The third kappa shape index (κ3) is 5.09. The molecule has 0 aliphatic carbocycles. The van der Waals surface area contributed by atoms with Gasteiger partial charge >= 0.3 is 12.1 Å². The molecule has 0 N–H and O–H groups in total. The number of alkyl halides is 3. The predicted octanol–water partition coefficient (Wildman–Crippen LogP) is 4.28. The van der Waals surface area contributed by atoms with Crippen LogP contribution in [0.2, 0.25) is 0 Å². The zero-order chi connectivity index (χ0) is 18.4. The average molecular weight is 360 g/mol. The molecule has 1 aromatic carbocycles. The van der Waals surface area contributed by atoms with Crippen LogP contribution in [0.3, 0.4) is 0 Å². The summed E-state index contributed by atoms with van der Waals surface area (Å²) in [4.78, 5) is 15.2. The van der Waals surface area contributed by atoms with Crippen LogP contribution in [0.5, 0.6) is 0 Å². The van der Waals surface area contributed by atoms with Crippen LogP contribution in [0.25, 0.3) is 11.4 Å². The van der Waals surface area contributed by atoms with Gasteiger partial charge in [-0.25, -0.2) is 4.39 Å². The van der Waals surface area contributed by atoms with Gasteiger partial charge in [0.25, 0.3) is 0 Å². The summed E-state index contributed by atoms with van der Waals surface area (Å²) < 4.78 is 60.7. The van der Waals surface area contributed by atoms with E-state index in [-0.39, 0.29) is 23.3 Å². The molecule has 136 valence electrons. The van der Waals surface area contributed by atoms with Crippen molar-refractivity contribution in [1.82, 2.24) is 10.1 Å². The van der Waals surface area contributed by atoms with Gasteiger partial charge in [-0.15, -0.1) is 0 Å². The zero-order valence-electron chi connectivity index (χ0n) is 13.4. The Kier molecular flexibility index (Phi) is 6.24. The summed E-state index contributed by atoms with van der Waals surface area (Å²) in [5.41, 5.74) is -0.135. The number of benzene rings is 1. The normalized spacial score (nSPS) is 11.7. The highest BCUT2D eigenvalue weighted by Gasteiger charge is 2.38. The van der Waals surface area contributed by atoms with Gasteiger partial charge in [0.2, 0.25) is 5.82 Å². The maximum Gasteiger partial charge on any atom is 0.471 e. The van der Waals surface area contributed by atoms with Crippen molar-refractivity contribution in [2.75, 3.05) is 13.2 Å². The minimum absolute atomic E-state index is 0.00959. The first-order valence-electron chi connectivity index (χ1n) is 7.64. The fourth-order valence-corrected chi connectivity index (χ4v) is 2.10. The number of hydrogen-bond acceptors (Lipinski definition) is 5. The number of unbranched alkanes of at least 4 members (excludes halogenated alkanes) is 1. The molecular weight excluding hydrogens is 344 g/mol. The zero-order valence-corrected chi connectivity index (χ0v) is 13.4. The summed E-state index contributed by atoms with van der Waals surface area (Å²) in [6.45, 7) is 2.99. The molecular formula is C16H16F4N2O3. The molecule has 1 aromatic heterocycles. The lowest BCUT2D eigenvalue weighted by Gasteiger charge is -2.04. The third-order valence-corrected chi connectivity index (χ3v) is 3.34. The molecule has 5 nitrogen and oxygen atoms in total. The van der Waals surface area contributed by atoms with Crippen molar-refractivity contribution in [3.63, 3.8) is 0 Å². The van der Waals surface area contributed by atoms with Crippen LogP contribution in [0.4, 0.5) is 17.6 Å². The molecule has 0 saturated heterocycles. The van der Waals surface area contributed by atoms with Crippen molar-refractivity contribution in [3.05, 3.63) is 35.5 Å². The topological polar surface area (TPSA) is 65.2 Å². The van der Waals surface area contributed by atoms with Gasteiger partial charge in [-0.3, -0.25) is 4.79 Å². The highest BCUT2D eigenvalue weighted by Crippen LogP contribution is 2.29. The number of nitrogens with zero attached hydrogens (tertiary/aromatic N) is 2. The quantitative estimate of drug-likeness (QED) is 0.399. The number of halogens is 4. The van der Waals surface area contributed by atoms with Gasteiger partial charge in [-0.05, 0) is 31.9 Å². The fraction of sp³-hybridized carbons (Fsp3) is 0.438. The van der Waals surface area contributed by atoms with Crippen LogP contribution in [0.15, 0.2) is 22.7 Å². The first-order chi connectivity index (χ1) is 11.8. The summed E-state index contributed by atoms with van der Waals surface area (Å²) in [5.74, 6) is -3.14. The van der Waals surface area contributed by atoms with Crippen molar-refractivity contribution in [3.8, 4) is 11.4 Å². The highest BCUT2D eigenvalue weighted by atomic mass is 19.4. The molecule has 0 spiro atoms.